The van der Waals surface area contributed by atoms with Crippen LogP contribution in [0.15, 0.2) is 122 Å². The number of hydrogen-bond donors (Lipinski definition) is 0. The fraction of sp³-hybridized carbons (Fsp3) is 0.150. The van der Waals surface area contributed by atoms with Crippen molar-refractivity contribution < 1.29 is 20.1 Å². The normalized spacial score (nSPS) is 11.1. The second-order valence-corrected chi connectivity index (χ2v) is 12.7. The maximum absolute atomic E-state index is 4.55. The van der Waals surface area contributed by atoms with Gasteiger partial charge in [0, 0.05) is 37.2 Å². The summed E-state index contributed by atoms with van der Waals surface area (Å²) in [5, 5.41) is 2.62. The first kappa shape index (κ1) is 31.5. The fourth-order valence-corrected chi connectivity index (χ4v) is 6.39. The Bertz CT molecular complexity index is 2000. The van der Waals surface area contributed by atoms with Gasteiger partial charge in [0.1, 0.15) is 0 Å². The van der Waals surface area contributed by atoms with Crippen molar-refractivity contribution in [3.63, 3.8) is 0 Å². The van der Waals surface area contributed by atoms with Crippen LogP contribution >= 0.6 is 11.3 Å². The monoisotopic (exact) mass is 767 g/mol. The molecule has 0 saturated heterocycles. The van der Waals surface area contributed by atoms with Crippen LogP contribution in [-0.4, -0.2) is 9.97 Å². The molecule has 44 heavy (non-hydrogen) atoms. The molecule has 0 aliphatic rings. The van der Waals surface area contributed by atoms with Gasteiger partial charge in [-0.1, -0.05) is 99.3 Å². The molecule has 0 spiro atoms. The van der Waals surface area contributed by atoms with E-state index in [0.29, 0.717) is 0 Å². The summed E-state index contributed by atoms with van der Waals surface area (Å²) < 4.78 is 2.60. The molecule has 221 valence electrons. The van der Waals surface area contributed by atoms with Crippen molar-refractivity contribution in [2.24, 2.45) is 0 Å². The van der Waals surface area contributed by atoms with Crippen LogP contribution in [0.4, 0.5) is 0 Å². The average molecular weight is 767 g/mol. The smallest absolute Gasteiger partial charge is 0.0239 e. The summed E-state index contributed by atoms with van der Waals surface area (Å²) in [5.41, 5.74) is 9.27. The zero-order valence-electron chi connectivity index (χ0n) is 25.4. The van der Waals surface area contributed by atoms with Gasteiger partial charge in [0.05, 0.1) is 0 Å². The SMILES string of the molecule is CC(C)(C)c1cc[c-]c(-c2cc(-c3ccccc3)ccn2)c1.CCc1ccnc(-c2[c-]ccc3c2sc2ccccc23)c1.[Ir]. The second-order valence-electron chi connectivity index (χ2n) is 11.6. The Labute approximate surface area is 278 Å². The summed E-state index contributed by atoms with van der Waals surface area (Å²) in [6, 6.07) is 44.6. The fourth-order valence-electron chi connectivity index (χ4n) is 5.18. The topological polar surface area (TPSA) is 25.8 Å². The molecule has 1 radical (unpaired) electrons. The maximum Gasteiger partial charge on any atom is 0.0239 e. The summed E-state index contributed by atoms with van der Waals surface area (Å²) >= 11 is 1.83. The first-order valence-corrected chi connectivity index (χ1v) is 15.5. The Morgan fingerprint density at radius 3 is 2.20 bits per heavy atom. The molecule has 4 heteroatoms. The minimum atomic E-state index is 0. The molecular formula is C40H34IrN2S-2. The summed E-state index contributed by atoms with van der Waals surface area (Å²) in [4.78, 5) is 9.08. The summed E-state index contributed by atoms with van der Waals surface area (Å²) in [6.07, 6.45) is 4.79. The third-order valence-corrected chi connectivity index (χ3v) is 8.84. The van der Waals surface area contributed by atoms with Crippen LogP contribution in [0.2, 0.25) is 0 Å². The molecule has 0 atom stereocenters. The molecule has 0 aliphatic carbocycles. The minimum absolute atomic E-state index is 0. The number of fused-ring (bicyclic) bond motifs is 3. The van der Waals surface area contributed by atoms with E-state index in [1.54, 1.807) is 0 Å². The first-order valence-electron chi connectivity index (χ1n) is 14.7. The molecule has 4 aromatic carbocycles. The Morgan fingerprint density at radius 2 is 1.41 bits per heavy atom. The number of hydrogen-bond acceptors (Lipinski definition) is 3. The van der Waals surface area contributed by atoms with Crippen molar-refractivity contribution in [3.8, 4) is 33.6 Å². The van der Waals surface area contributed by atoms with Gasteiger partial charge in [-0.05, 0) is 62.6 Å². The van der Waals surface area contributed by atoms with Crippen LogP contribution in [0.5, 0.6) is 0 Å². The molecule has 0 amide bonds. The molecule has 0 fully saturated rings. The summed E-state index contributed by atoms with van der Waals surface area (Å²) in [7, 11) is 0. The van der Waals surface area contributed by atoms with E-state index < -0.39 is 0 Å². The van der Waals surface area contributed by atoms with E-state index in [4.69, 9.17) is 0 Å². The Hall–Kier alpha value is -3.95. The van der Waals surface area contributed by atoms with Crippen LogP contribution in [0, 0.1) is 12.1 Å². The Morgan fingerprint density at radius 1 is 0.682 bits per heavy atom. The minimum Gasteiger partial charge on any atom is -0.305 e. The third-order valence-electron chi connectivity index (χ3n) is 7.64. The molecule has 3 heterocycles. The molecule has 0 N–H and O–H groups in total. The number of rotatable bonds is 4. The van der Waals surface area contributed by atoms with E-state index >= 15 is 0 Å². The molecule has 2 nitrogen and oxygen atoms in total. The van der Waals surface area contributed by atoms with Crippen LogP contribution in [0.25, 0.3) is 53.8 Å². The van der Waals surface area contributed by atoms with E-state index in [1.807, 2.05) is 48.0 Å². The number of aryl methyl sites for hydroxylation is 1. The van der Waals surface area contributed by atoms with Gasteiger partial charge in [-0.2, -0.15) is 11.3 Å². The first-order chi connectivity index (χ1) is 20.9. The van der Waals surface area contributed by atoms with Gasteiger partial charge in [0.25, 0.3) is 0 Å². The molecule has 3 aromatic heterocycles. The van der Waals surface area contributed by atoms with Crippen molar-refractivity contribution >= 4 is 31.5 Å². The quantitative estimate of drug-likeness (QED) is 0.167. The molecule has 0 bridgehead atoms. The summed E-state index contributed by atoms with van der Waals surface area (Å²) in [5.74, 6) is 0. The predicted molar refractivity (Wildman–Crippen MR) is 183 cm³/mol. The van der Waals surface area contributed by atoms with Crippen LogP contribution in [0.1, 0.15) is 38.8 Å². The summed E-state index contributed by atoms with van der Waals surface area (Å²) in [6.45, 7) is 8.84. The third kappa shape index (κ3) is 6.89. The van der Waals surface area contributed by atoms with Crippen molar-refractivity contribution in [2.75, 3.05) is 0 Å². The van der Waals surface area contributed by atoms with Gasteiger partial charge in [0.2, 0.25) is 0 Å². The number of thiophene rings is 1. The zero-order chi connectivity index (χ0) is 29.8. The largest absolute Gasteiger partial charge is 0.305 e. The number of nitrogens with zero attached hydrogens (tertiary/aromatic N) is 2. The average Bonchev–Trinajstić information content (AvgIpc) is 3.44. The van der Waals surface area contributed by atoms with Gasteiger partial charge >= 0.3 is 0 Å². The number of benzene rings is 4. The molecule has 0 aliphatic heterocycles. The van der Waals surface area contributed by atoms with Gasteiger partial charge in [-0.3, -0.25) is 0 Å². The van der Waals surface area contributed by atoms with E-state index in [1.165, 1.54) is 42.4 Å². The number of pyridine rings is 2. The molecule has 0 unspecified atom stereocenters. The van der Waals surface area contributed by atoms with Crippen LogP contribution in [-0.2, 0) is 31.9 Å². The van der Waals surface area contributed by atoms with Gasteiger partial charge in [-0.25, -0.2) is 0 Å². The Kier molecular flexibility index (Phi) is 9.86. The van der Waals surface area contributed by atoms with E-state index in [9.17, 15) is 0 Å². The van der Waals surface area contributed by atoms with E-state index in [2.05, 4.69) is 135 Å². The van der Waals surface area contributed by atoms with Crippen molar-refractivity contribution in [1.82, 2.24) is 9.97 Å². The van der Waals surface area contributed by atoms with Gasteiger partial charge < -0.3 is 9.97 Å². The zero-order valence-corrected chi connectivity index (χ0v) is 28.6. The van der Waals surface area contributed by atoms with E-state index in [-0.39, 0.29) is 25.5 Å². The number of aromatic nitrogens is 2. The van der Waals surface area contributed by atoms with Gasteiger partial charge in [0.15, 0.2) is 0 Å². The second kappa shape index (κ2) is 13.8. The van der Waals surface area contributed by atoms with Gasteiger partial charge in [-0.15, -0.1) is 59.2 Å². The molecule has 7 aromatic rings. The maximum atomic E-state index is 4.55. The van der Waals surface area contributed by atoms with Crippen molar-refractivity contribution in [2.45, 2.75) is 39.5 Å². The Balaban J connectivity index is 0.000000171. The molecule has 0 saturated carbocycles. The van der Waals surface area contributed by atoms with Crippen molar-refractivity contribution in [1.29, 1.82) is 0 Å². The van der Waals surface area contributed by atoms with Crippen molar-refractivity contribution in [3.05, 3.63) is 145 Å². The van der Waals surface area contributed by atoms with Crippen LogP contribution in [0.3, 0.4) is 0 Å². The molecular weight excluding hydrogens is 733 g/mol. The van der Waals surface area contributed by atoms with Crippen LogP contribution < -0.4 is 0 Å². The standard InChI is InChI=1S/C21H20N.C19H14NS.Ir/c1-21(2,3)19-11-7-10-18(14-19)20-15-17(12-13-22-20)16-8-5-4-6-9-16;1-2-13-10-11-20-17(12-13)16-8-5-7-15-14-6-3-4-9-18(14)21-19(15)16;/h4-9,11-15H,1-3H3;3-7,9-12H,2H2,1H3;/q2*-1;. The van der Waals surface area contributed by atoms with E-state index in [0.717, 1.165) is 28.9 Å². The molecule has 7 rings (SSSR count). The predicted octanol–water partition coefficient (Wildman–Crippen LogP) is 11.0.